The van der Waals surface area contributed by atoms with E-state index in [-0.39, 0.29) is 12.5 Å². The smallest absolute Gasteiger partial charge is 0.408 e. The number of unbranched alkanes of at least 4 members (excludes halogenated alkanes) is 10. The Bertz CT molecular complexity index is 535. The van der Waals surface area contributed by atoms with Gasteiger partial charge in [-0.2, -0.15) is 0 Å². The van der Waals surface area contributed by atoms with E-state index in [4.69, 9.17) is 10.5 Å². The fourth-order valence-corrected chi connectivity index (χ4v) is 3.42. The van der Waals surface area contributed by atoms with Gasteiger partial charge in [-0.1, -0.05) is 64.7 Å². The molecule has 0 saturated carbocycles. The number of nitrogens with one attached hydrogen (secondary N) is 3. The van der Waals surface area contributed by atoms with E-state index in [1.807, 2.05) is 0 Å². The van der Waals surface area contributed by atoms with Gasteiger partial charge in [-0.15, -0.1) is 0 Å². The number of alkyl carbamates (subject to hydrolysis) is 1. The molecule has 0 rings (SSSR count). The lowest BCUT2D eigenvalue weighted by Gasteiger charge is -2.21. The summed E-state index contributed by atoms with van der Waals surface area (Å²) in [5, 5.41) is 8.08. The van der Waals surface area contributed by atoms with Gasteiger partial charge in [0.25, 0.3) is 0 Å². The summed E-state index contributed by atoms with van der Waals surface area (Å²) in [6, 6.07) is -0.632. The monoisotopic (exact) mass is 470 g/mol. The van der Waals surface area contributed by atoms with E-state index in [0.29, 0.717) is 19.5 Å². The fourth-order valence-electron chi connectivity index (χ4n) is 3.42. The van der Waals surface area contributed by atoms with E-state index < -0.39 is 23.6 Å². The highest BCUT2D eigenvalue weighted by molar-refractivity contribution is 5.89. The summed E-state index contributed by atoms with van der Waals surface area (Å²) in [5.74, 6) is -0.610. The normalized spacial score (nSPS) is 12.2. The van der Waals surface area contributed by atoms with Gasteiger partial charge < -0.3 is 26.4 Å². The summed E-state index contributed by atoms with van der Waals surface area (Å²) in [6.45, 7) is 8.39. The van der Waals surface area contributed by atoms with Crippen molar-refractivity contribution in [3.8, 4) is 0 Å². The Balaban J connectivity index is 4.17. The molecule has 1 atom stereocenters. The summed E-state index contributed by atoms with van der Waals surface area (Å²) in [7, 11) is 0. The van der Waals surface area contributed by atoms with Crippen LogP contribution in [0.15, 0.2) is 0 Å². The van der Waals surface area contributed by atoms with Crippen LogP contribution in [0.1, 0.15) is 111 Å². The Hall–Kier alpha value is -1.83. The molecular formula is C25H50N4O4. The number of amides is 3. The Morgan fingerprint density at radius 1 is 0.818 bits per heavy atom. The maximum Gasteiger partial charge on any atom is 0.408 e. The lowest BCUT2D eigenvalue weighted by Crippen LogP contribution is -2.50. The predicted octanol–water partition coefficient (Wildman–Crippen LogP) is 4.16. The number of ether oxygens (including phenoxy) is 1. The average molecular weight is 471 g/mol. The SMILES string of the molecule is CCCCCCCCCCCCNC(=O)C(CCCCN)NC(=O)CNC(=O)OC(C)(C)C. The van der Waals surface area contributed by atoms with E-state index in [1.54, 1.807) is 20.8 Å². The number of nitrogens with two attached hydrogens (primary N) is 1. The molecule has 0 saturated heterocycles. The summed E-state index contributed by atoms with van der Waals surface area (Å²) in [6.07, 6.45) is 13.8. The molecule has 0 fully saturated rings. The molecule has 8 heteroatoms. The second kappa shape index (κ2) is 19.6. The lowest BCUT2D eigenvalue weighted by atomic mass is 10.1. The minimum absolute atomic E-state index is 0.187. The van der Waals surface area contributed by atoms with Crippen molar-refractivity contribution in [2.45, 2.75) is 123 Å². The van der Waals surface area contributed by atoms with Crippen LogP contribution in [-0.4, -0.2) is 49.2 Å². The van der Waals surface area contributed by atoms with Crippen LogP contribution in [-0.2, 0) is 14.3 Å². The number of hydrogen-bond acceptors (Lipinski definition) is 5. The van der Waals surface area contributed by atoms with Crippen LogP contribution in [0.25, 0.3) is 0 Å². The molecule has 0 aliphatic rings. The van der Waals surface area contributed by atoms with Gasteiger partial charge in [0.2, 0.25) is 11.8 Å². The molecule has 0 heterocycles. The Morgan fingerprint density at radius 2 is 1.39 bits per heavy atom. The van der Waals surface area contributed by atoms with Gasteiger partial charge >= 0.3 is 6.09 Å². The van der Waals surface area contributed by atoms with Crippen molar-refractivity contribution in [1.29, 1.82) is 0 Å². The highest BCUT2D eigenvalue weighted by Crippen LogP contribution is 2.10. The first-order chi connectivity index (χ1) is 15.7. The zero-order valence-electron chi connectivity index (χ0n) is 21.6. The van der Waals surface area contributed by atoms with Gasteiger partial charge in [-0.3, -0.25) is 9.59 Å². The minimum atomic E-state index is -0.664. The van der Waals surface area contributed by atoms with Crippen LogP contribution in [0.4, 0.5) is 4.79 Å². The fraction of sp³-hybridized carbons (Fsp3) is 0.880. The van der Waals surface area contributed by atoms with Crippen LogP contribution in [0.5, 0.6) is 0 Å². The second-order valence-corrected chi connectivity index (χ2v) is 9.73. The van der Waals surface area contributed by atoms with Crippen molar-refractivity contribution in [2.24, 2.45) is 5.73 Å². The van der Waals surface area contributed by atoms with Crippen molar-refractivity contribution in [3.63, 3.8) is 0 Å². The van der Waals surface area contributed by atoms with Gasteiger partial charge in [0.1, 0.15) is 18.2 Å². The molecule has 0 aromatic rings. The van der Waals surface area contributed by atoms with Crippen molar-refractivity contribution in [2.75, 3.05) is 19.6 Å². The number of carbonyl (C=O) groups excluding carboxylic acids is 3. The Kier molecular flexibility index (Phi) is 18.5. The van der Waals surface area contributed by atoms with Crippen molar-refractivity contribution in [3.05, 3.63) is 0 Å². The Labute approximate surface area is 201 Å². The quantitative estimate of drug-likeness (QED) is 0.211. The summed E-state index contributed by atoms with van der Waals surface area (Å²) >= 11 is 0. The molecule has 0 spiro atoms. The molecule has 0 bridgehead atoms. The molecule has 0 aliphatic heterocycles. The van der Waals surface area contributed by atoms with Gasteiger partial charge in [-0.25, -0.2) is 4.79 Å². The molecule has 194 valence electrons. The van der Waals surface area contributed by atoms with Gasteiger partial charge in [-0.05, 0) is 53.0 Å². The molecule has 3 amide bonds. The topological polar surface area (TPSA) is 123 Å². The summed E-state index contributed by atoms with van der Waals surface area (Å²) in [4.78, 5) is 36.5. The molecule has 0 radical (unpaired) electrons. The Morgan fingerprint density at radius 3 is 1.94 bits per heavy atom. The van der Waals surface area contributed by atoms with Crippen LogP contribution in [0, 0.1) is 0 Å². The van der Waals surface area contributed by atoms with Crippen molar-refractivity contribution in [1.82, 2.24) is 16.0 Å². The first-order valence-corrected chi connectivity index (χ1v) is 12.9. The highest BCUT2D eigenvalue weighted by atomic mass is 16.6. The van der Waals surface area contributed by atoms with E-state index in [2.05, 4.69) is 22.9 Å². The molecule has 33 heavy (non-hydrogen) atoms. The second-order valence-electron chi connectivity index (χ2n) is 9.73. The van der Waals surface area contributed by atoms with E-state index >= 15 is 0 Å². The first-order valence-electron chi connectivity index (χ1n) is 12.9. The number of hydrogen-bond donors (Lipinski definition) is 4. The molecule has 0 aliphatic carbocycles. The van der Waals surface area contributed by atoms with Crippen LogP contribution >= 0.6 is 0 Å². The number of rotatable bonds is 19. The number of carbonyl (C=O) groups is 3. The minimum Gasteiger partial charge on any atom is -0.444 e. The maximum atomic E-state index is 12.6. The zero-order chi connectivity index (χ0) is 25.0. The van der Waals surface area contributed by atoms with E-state index in [0.717, 1.165) is 25.7 Å². The van der Waals surface area contributed by atoms with Crippen LogP contribution in [0.2, 0.25) is 0 Å². The summed E-state index contributed by atoms with van der Waals surface area (Å²) in [5.41, 5.74) is 4.91. The van der Waals surface area contributed by atoms with Crippen LogP contribution in [0.3, 0.4) is 0 Å². The molecule has 8 nitrogen and oxygen atoms in total. The van der Waals surface area contributed by atoms with E-state index in [9.17, 15) is 14.4 Å². The molecule has 0 aromatic carbocycles. The molecule has 0 aromatic heterocycles. The third-order valence-corrected chi connectivity index (χ3v) is 5.22. The lowest BCUT2D eigenvalue weighted by molar-refractivity contribution is -0.128. The van der Waals surface area contributed by atoms with Crippen molar-refractivity contribution < 1.29 is 19.1 Å². The van der Waals surface area contributed by atoms with Gasteiger partial charge in [0.05, 0.1) is 0 Å². The molecule has 5 N–H and O–H groups in total. The van der Waals surface area contributed by atoms with Gasteiger partial charge in [0.15, 0.2) is 0 Å². The first kappa shape index (κ1) is 31.2. The zero-order valence-corrected chi connectivity index (χ0v) is 21.6. The largest absolute Gasteiger partial charge is 0.444 e. The van der Waals surface area contributed by atoms with Crippen molar-refractivity contribution >= 4 is 17.9 Å². The third kappa shape index (κ3) is 20.5. The standard InChI is InChI=1S/C25H50N4O4/c1-5-6-7-8-9-10-11-12-13-16-19-27-23(31)21(17-14-15-18-26)29-22(30)20-28-24(32)33-25(2,3)4/h21H,5-20,26H2,1-4H3,(H,27,31)(H,28,32)(H,29,30). The summed E-state index contributed by atoms with van der Waals surface area (Å²) < 4.78 is 5.12. The van der Waals surface area contributed by atoms with Crippen LogP contribution < -0.4 is 21.7 Å². The average Bonchev–Trinajstić information content (AvgIpc) is 2.74. The highest BCUT2D eigenvalue weighted by Gasteiger charge is 2.21. The molecular weight excluding hydrogens is 420 g/mol. The predicted molar refractivity (Wildman–Crippen MR) is 134 cm³/mol. The maximum absolute atomic E-state index is 12.6. The molecule has 1 unspecified atom stereocenters. The third-order valence-electron chi connectivity index (χ3n) is 5.22. The van der Waals surface area contributed by atoms with E-state index in [1.165, 1.54) is 51.4 Å². The van der Waals surface area contributed by atoms with Gasteiger partial charge in [0, 0.05) is 6.54 Å².